The number of amides is 2. The van der Waals surface area contributed by atoms with Gasteiger partial charge in [-0.05, 0) is 63.3 Å². The van der Waals surface area contributed by atoms with Gasteiger partial charge in [0.15, 0.2) is 15.7 Å². The van der Waals surface area contributed by atoms with Crippen LogP contribution >= 0.6 is 0 Å². The van der Waals surface area contributed by atoms with Gasteiger partial charge in [0, 0.05) is 35.7 Å². The van der Waals surface area contributed by atoms with Crippen LogP contribution in [-0.2, 0) is 19.3 Å². The molecule has 1 atom stereocenters. The van der Waals surface area contributed by atoms with E-state index in [1.165, 1.54) is 0 Å². The number of benzene rings is 1. The Balaban J connectivity index is 1.46. The van der Waals surface area contributed by atoms with Gasteiger partial charge in [0.1, 0.15) is 10.6 Å². The Kier molecular flexibility index (Phi) is 6.43. The summed E-state index contributed by atoms with van der Waals surface area (Å²) < 4.78 is 30.6. The van der Waals surface area contributed by atoms with Crippen molar-refractivity contribution < 1.29 is 17.9 Å². The van der Waals surface area contributed by atoms with E-state index in [0.717, 1.165) is 30.6 Å². The van der Waals surface area contributed by atoms with Gasteiger partial charge in [-0.15, -0.1) is 0 Å². The van der Waals surface area contributed by atoms with E-state index in [2.05, 4.69) is 22.5 Å². The van der Waals surface area contributed by atoms with E-state index in [1.807, 2.05) is 30.3 Å². The fourth-order valence-electron chi connectivity index (χ4n) is 4.74. The SMILES string of the molecule is CCS(=O)(=O)C1(c2cc(N3CCOC[C@@H]3C)nc(-c3ccc(NC(=O)NC4CCC4)cc3)n2)CC1. The minimum atomic E-state index is -3.32. The van der Waals surface area contributed by atoms with Crippen LogP contribution in [0.1, 0.15) is 51.6 Å². The van der Waals surface area contributed by atoms with Gasteiger partial charge in [-0.3, -0.25) is 0 Å². The Morgan fingerprint density at radius 3 is 2.54 bits per heavy atom. The van der Waals surface area contributed by atoms with E-state index in [4.69, 9.17) is 14.7 Å². The highest BCUT2D eigenvalue weighted by atomic mass is 32.2. The minimum Gasteiger partial charge on any atom is -0.377 e. The van der Waals surface area contributed by atoms with E-state index in [9.17, 15) is 13.2 Å². The highest BCUT2D eigenvalue weighted by molar-refractivity contribution is 7.92. The van der Waals surface area contributed by atoms with Crippen molar-refractivity contribution in [1.29, 1.82) is 0 Å². The zero-order valence-electron chi connectivity index (χ0n) is 20.3. The van der Waals surface area contributed by atoms with E-state index in [-0.39, 0.29) is 23.9 Å². The van der Waals surface area contributed by atoms with Gasteiger partial charge >= 0.3 is 6.03 Å². The second kappa shape index (κ2) is 9.39. The highest BCUT2D eigenvalue weighted by Crippen LogP contribution is 2.53. The number of nitrogens with zero attached hydrogens (tertiary/aromatic N) is 3. The molecule has 0 radical (unpaired) electrons. The zero-order valence-corrected chi connectivity index (χ0v) is 21.1. The van der Waals surface area contributed by atoms with Gasteiger partial charge in [0.2, 0.25) is 0 Å². The van der Waals surface area contributed by atoms with Gasteiger partial charge in [-0.2, -0.15) is 0 Å². The molecule has 2 amide bonds. The quantitative estimate of drug-likeness (QED) is 0.600. The lowest BCUT2D eigenvalue weighted by Crippen LogP contribution is -2.44. The largest absolute Gasteiger partial charge is 0.377 e. The van der Waals surface area contributed by atoms with E-state index in [1.54, 1.807) is 6.92 Å². The lowest BCUT2D eigenvalue weighted by molar-refractivity contribution is 0.0985. The third-order valence-electron chi connectivity index (χ3n) is 7.36. The number of carbonyl (C=O) groups excluding carboxylic acids is 1. The molecule has 1 aromatic carbocycles. The first-order valence-electron chi connectivity index (χ1n) is 12.5. The van der Waals surface area contributed by atoms with Crippen molar-refractivity contribution in [3.63, 3.8) is 0 Å². The summed E-state index contributed by atoms with van der Waals surface area (Å²) in [5.74, 6) is 1.29. The molecule has 3 fully saturated rings. The molecule has 2 N–H and O–H groups in total. The summed E-state index contributed by atoms with van der Waals surface area (Å²) in [5.41, 5.74) is 2.01. The lowest BCUT2D eigenvalue weighted by Gasteiger charge is -2.34. The normalized spacial score (nSPS) is 21.8. The molecule has 2 heterocycles. The van der Waals surface area contributed by atoms with Crippen molar-refractivity contribution in [3.05, 3.63) is 36.0 Å². The summed E-state index contributed by atoms with van der Waals surface area (Å²) in [6.45, 7) is 5.64. The van der Waals surface area contributed by atoms with Crippen molar-refractivity contribution in [2.24, 2.45) is 0 Å². The number of carbonyl (C=O) groups is 1. The second-order valence-corrected chi connectivity index (χ2v) is 12.3. The highest BCUT2D eigenvalue weighted by Gasteiger charge is 2.56. The molecule has 35 heavy (non-hydrogen) atoms. The third-order valence-corrected chi connectivity index (χ3v) is 9.93. The predicted octanol–water partition coefficient (Wildman–Crippen LogP) is 3.47. The molecule has 0 unspecified atom stereocenters. The average Bonchev–Trinajstić information content (AvgIpc) is 3.65. The number of rotatable bonds is 7. The number of morpholine rings is 1. The molecule has 2 saturated carbocycles. The third kappa shape index (κ3) is 4.73. The molecular weight excluding hydrogens is 466 g/mol. The minimum absolute atomic E-state index is 0.0823. The maximum atomic E-state index is 13.0. The summed E-state index contributed by atoms with van der Waals surface area (Å²) in [6.07, 6.45) is 4.37. The summed E-state index contributed by atoms with van der Waals surface area (Å²) in [7, 11) is -3.32. The Morgan fingerprint density at radius 1 is 1.20 bits per heavy atom. The summed E-state index contributed by atoms with van der Waals surface area (Å²) in [6, 6.07) is 9.39. The monoisotopic (exact) mass is 499 g/mol. The van der Waals surface area contributed by atoms with E-state index in [0.29, 0.717) is 49.8 Å². The molecule has 2 aromatic rings. The fraction of sp³-hybridized carbons (Fsp3) is 0.560. The van der Waals surface area contributed by atoms with E-state index >= 15 is 0 Å². The molecule has 1 aromatic heterocycles. The van der Waals surface area contributed by atoms with Crippen LogP contribution in [0.15, 0.2) is 30.3 Å². The summed E-state index contributed by atoms with van der Waals surface area (Å²) >= 11 is 0. The maximum absolute atomic E-state index is 13.0. The lowest BCUT2D eigenvalue weighted by atomic mass is 9.93. The molecule has 1 saturated heterocycles. The van der Waals surface area contributed by atoms with Crippen LogP contribution < -0.4 is 15.5 Å². The van der Waals surface area contributed by atoms with Gasteiger partial charge in [0.05, 0.1) is 24.9 Å². The van der Waals surface area contributed by atoms with Gasteiger partial charge in [0.25, 0.3) is 0 Å². The van der Waals surface area contributed by atoms with Gasteiger partial charge < -0.3 is 20.3 Å². The molecule has 5 rings (SSSR count). The molecule has 188 valence electrons. The number of urea groups is 1. The fourth-order valence-corrected chi connectivity index (χ4v) is 6.44. The number of anilines is 2. The number of nitrogens with one attached hydrogen (secondary N) is 2. The number of hydrogen-bond donors (Lipinski definition) is 2. The van der Waals surface area contributed by atoms with Crippen LogP contribution in [0, 0.1) is 0 Å². The number of aromatic nitrogens is 2. The summed E-state index contributed by atoms with van der Waals surface area (Å²) in [5, 5.41) is 5.83. The predicted molar refractivity (Wildman–Crippen MR) is 135 cm³/mol. The first-order chi connectivity index (χ1) is 16.8. The van der Waals surface area contributed by atoms with Crippen LogP contribution in [0.2, 0.25) is 0 Å². The van der Waals surface area contributed by atoms with Crippen LogP contribution in [-0.4, -0.2) is 62.0 Å². The Bertz CT molecular complexity index is 1190. The molecule has 1 aliphatic heterocycles. The molecule has 2 aliphatic carbocycles. The van der Waals surface area contributed by atoms with Crippen molar-refractivity contribution in [1.82, 2.24) is 15.3 Å². The zero-order chi connectivity index (χ0) is 24.6. The second-order valence-electron chi connectivity index (χ2n) is 9.75. The number of sulfone groups is 1. The first-order valence-corrected chi connectivity index (χ1v) is 14.1. The van der Waals surface area contributed by atoms with Crippen LogP contribution in [0.4, 0.5) is 16.3 Å². The van der Waals surface area contributed by atoms with E-state index < -0.39 is 14.6 Å². The Labute approximate surface area is 206 Å². The topological polar surface area (TPSA) is 114 Å². The molecular formula is C25H33N5O4S. The Hall–Kier alpha value is -2.72. The smallest absolute Gasteiger partial charge is 0.319 e. The van der Waals surface area contributed by atoms with Gasteiger partial charge in [-0.25, -0.2) is 23.2 Å². The average molecular weight is 500 g/mol. The molecule has 0 bridgehead atoms. The van der Waals surface area contributed by atoms with Crippen molar-refractivity contribution in [3.8, 4) is 11.4 Å². The van der Waals surface area contributed by atoms with Crippen LogP contribution in [0.3, 0.4) is 0 Å². The molecule has 10 heteroatoms. The number of hydrogen-bond acceptors (Lipinski definition) is 7. The standard InChI is InChI=1S/C25H33N5O4S/c1-3-35(32,33)25(11-12-25)21-15-22(30-13-14-34-16-17(30)2)29-23(28-21)18-7-9-20(10-8-18)27-24(31)26-19-5-4-6-19/h7-10,15,17,19H,3-6,11-14,16H2,1-2H3,(H2,26,27,31)/t17-/m0/s1. The van der Waals surface area contributed by atoms with Crippen LogP contribution in [0.5, 0.6) is 0 Å². The summed E-state index contributed by atoms with van der Waals surface area (Å²) in [4.78, 5) is 24.0. The number of ether oxygens (including phenoxy) is 1. The van der Waals surface area contributed by atoms with Crippen molar-refractivity contribution in [2.75, 3.05) is 35.7 Å². The Morgan fingerprint density at radius 2 is 1.94 bits per heavy atom. The van der Waals surface area contributed by atoms with Crippen molar-refractivity contribution in [2.45, 2.75) is 62.8 Å². The molecule has 0 spiro atoms. The molecule has 9 nitrogen and oxygen atoms in total. The van der Waals surface area contributed by atoms with Crippen molar-refractivity contribution >= 4 is 27.4 Å². The first kappa shape index (κ1) is 24.0. The van der Waals surface area contributed by atoms with Gasteiger partial charge in [-0.1, -0.05) is 6.92 Å². The molecule has 3 aliphatic rings. The van der Waals surface area contributed by atoms with Crippen LogP contribution in [0.25, 0.3) is 11.4 Å². The maximum Gasteiger partial charge on any atom is 0.319 e.